The lowest BCUT2D eigenvalue weighted by Crippen LogP contribution is -2.41. The average molecular weight is 400 g/mol. The van der Waals surface area contributed by atoms with Crippen LogP contribution in [0.3, 0.4) is 0 Å². The van der Waals surface area contributed by atoms with E-state index in [4.69, 9.17) is 16.3 Å². The summed E-state index contributed by atoms with van der Waals surface area (Å²) in [4.78, 5) is 15.0. The van der Waals surface area contributed by atoms with Crippen molar-refractivity contribution in [3.8, 4) is 0 Å². The molecule has 0 saturated carbocycles. The number of piperidine rings is 1. The molecule has 1 fully saturated rings. The van der Waals surface area contributed by atoms with E-state index in [1.807, 2.05) is 30.3 Å². The Bertz CT molecular complexity index is 732. The van der Waals surface area contributed by atoms with Gasteiger partial charge in [-0.25, -0.2) is 0 Å². The molecule has 1 aliphatic heterocycles. The number of hydrogen-bond acceptors (Lipinski definition) is 3. The quantitative estimate of drug-likeness (QED) is 0.443. The summed E-state index contributed by atoms with van der Waals surface area (Å²) < 4.78 is 5.67. The molecule has 0 N–H and O–H groups in total. The zero-order valence-corrected chi connectivity index (χ0v) is 17.4. The SMILES string of the molecule is CN1CC[C@H](c2ccc(Cl)cc2)[C@@H](C(=O)OCCCCCc2ccccc2)C1. The fourth-order valence-corrected chi connectivity index (χ4v) is 4.12. The Hall–Kier alpha value is -1.84. The van der Waals surface area contributed by atoms with Gasteiger partial charge in [0, 0.05) is 11.6 Å². The molecule has 3 nitrogen and oxygen atoms in total. The van der Waals surface area contributed by atoms with E-state index in [0.717, 1.165) is 50.2 Å². The summed E-state index contributed by atoms with van der Waals surface area (Å²) >= 11 is 6.02. The Kier molecular flexibility index (Phi) is 7.93. The molecule has 4 heteroatoms. The average Bonchev–Trinajstić information content (AvgIpc) is 2.72. The van der Waals surface area contributed by atoms with Crippen molar-refractivity contribution in [1.29, 1.82) is 0 Å². The third-order valence-corrected chi connectivity index (χ3v) is 5.87. The second kappa shape index (κ2) is 10.6. The molecule has 0 spiro atoms. The summed E-state index contributed by atoms with van der Waals surface area (Å²) in [6, 6.07) is 18.4. The van der Waals surface area contributed by atoms with Gasteiger partial charge in [0.05, 0.1) is 12.5 Å². The number of aryl methyl sites for hydroxylation is 1. The molecule has 2 aromatic carbocycles. The van der Waals surface area contributed by atoms with Gasteiger partial charge < -0.3 is 9.64 Å². The van der Waals surface area contributed by atoms with E-state index in [9.17, 15) is 4.79 Å². The van der Waals surface area contributed by atoms with Gasteiger partial charge in [-0.2, -0.15) is 0 Å². The number of halogens is 1. The maximum absolute atomic E-state index is 12.8. The second-order valence-corrected chi connectivity index (χ2v) is 8.22. The molecule has 2 atom stereocenters. The van der Waals surface area contributed by atoms with Gasteiger partial charge in [0.15, 0.2) is 0 Å². The zero-order chi connectivity index (χ0) is 19.8. The van der Waals surface area contributed by atoms with Gasteiger partial charge in [0.25, 0.3) is 0 Å². The van der Waals surface area contributed by atoms with Crippen molar-refractivity contribution in [2.45, 2.75) is 38.0 Å². The van der Waals surface area contributed by atoms with Gasteiger partial charge in [-0.05, 0) is 74.9 Å². The predicted octanol–water partition coefficient (Wildman–Crippen LogP) is 5.33. The number of carbonyl (C=O) groups is 1. The monoisotopic (exact) mass is 399 g/mol. The molecule has 1 aliphatic rings. The van der Waals surface area contributed by atoms with Gasteiger partial charge in [-0.15, -0.1) is 0 Å². The van der Waals surface area contributed by atoms with Gasteiger partial charge >= 0.3 is 5.97 Å². The topological polar surface area (TPSA) is 29.5 Å². The Labute approximate surface area is 173 Å². The molecule has 28 heavy (non-hydrogen) atoms. The molecule has 2 aromatic rings. The molecule has 0 aliphatic carbocycles. The highest BCUT2D eigenvalue weighted by Gasteiger charge is 2.35. The lowest BCUT2D eigenvalue weighted by molar-refractivity contribution is -0.151. The minimum Gasteiger partial charge on any atom is -0.465 e. The van der Waals surface area contributed by atoms with Crippen LogP contribution < -0.4 is 0 Å². The van der Waals surface area contributed by atoms with Crippen LogP contribution in [-0.4, -0.2) is 37.6 Å². The summed E-state index contributed by atoms with van der Waals surface area (Å²) in [6.45, 7) is 2.26. The van der Waals surface area contributed by atoms with Crippen molar-refractivity contribution in [2.75, 3.05) is 26.7 Å². The van der Waals surface area contributed by atoms with Crippen LogP contribution in [0.4, 0.5) is 0 Å². The first-order valence-electron chi connectivity index (χ1n) is 10.3. The summed E-state index contributed by atoms with van der Waals surface area (Å²) in [5.41, 5.74) is 2.55. The summed E-state index contributed by atoms with van der Waals surface area (Å²) in [7, 11) is 2.07. The van der Waals surface area contributed by atoms with Crippen LogP contribution in [0, 0.1) is 5.92 Å². The van der Waals surface area contributed by atoms with Crippen molar-refractivity contribution >= 4 is 17.6 Å². The molecule has 1 heterocycles. The lowest BCUT2D eigenvalue weighted by atomic mass is 9.80. The number of likely N-dealkylation sites (tertiary alicyclic amines) is 1. The molecule has 0 radical (unpaired) electrons. The van der Waals surface area contributed by atoms with E-state index in [1.54, 1.807) is 0 Å². The molecule has 0 bridgehead atoms. The van der Waals surface area contributed by atoms with Crippen LogP contribution in [-0.2, 0) is 16.0 Å². The first kappa shape index (κ1) is 20.9. The van der Waals surface area contributed by atoms with Crippen molar-refractivity contribution in [1.82, 2.24) is 4.90 Å². The predicted molar refractivity (Wildman–Crippen MR) is 115 cm³/mol. The number of rotatable bonds is 8. The Morgan fingerprint density at radius 1 is 1.07 bits per heavy atom. The highest BCUT2D eigenvalue weighted by molar-refractivity contribution is 6.30. The summed E-state index contributed by atoms with van der Waals surface area (Å²) in [6.07, 6.45) is 5.18. The molecule has 0 aromatic heterocycles. The Balaban J connectivity index is 1.45. The largest absolute Gasteiger partial charge is 0.465 e. The van der Waals surface area contributed by atoms with Crippen LogP contribution >= 0.6 is 11.6 Å². The fraction of sp³-hybridized carbons (Fsp3) is 0.458. The van der Waals surface area contributed by atoms with E-state index in [-0.39, 0.29) is 17.8 Å². The van der Waals surface area contributed by atoms with Gasteiger partial charge in [-0.1, -0.05) is 54.1 Å². The standard InChI is InChI=1S/C24H30ClNO2/c1-26-16-15-22(20-11-13-21(25)14-12-20)23(18-26)24(27)28-17-7-3-6-10-19-8-4-2-5-9-19/h2,4-5,8-9,11-14,22-23H,3,6-7,10,15-18H2,1H3/t22-,23+/m1/s1. The number of nitrogens with zero attached hydrogens (tertiary/aromatic N) is 1. The Morgan fingerprint density at radius 2 is 1.82 bits per heavy atom. The number of ether oxygens (including phenoxy) is 1. The van der Waals surface area contributed by atoms with Crippen LogP contribution in [0.1, 0.15) is 42.7 Å². The maximum atomic E-state index is 12.8. The Morgan fingerprint density at radius 3 is 2.57 bits per heavy atom. The molecule has 1 saturated heterocycles. The minimum absolute atomic E-state index is 0.0606. The second-order valence-electron chi connectivity index (χ2n) is 7.78. The van der Waals surface area contributed by atoms with Crippen LogP contribution in [0.25, 0.3) is 0 Å². The van der Waals surface area contributed by atoms with Crippen molar-refractivity contribution < 1.29 is 9.53 Å². The third kappa shape index (κ3) is 6.08. The number of benzene rings is 2. The number of unbranched alkanes of at least 4 members (excludes halogenated alkanes) is 2. The summed E-state index contributed by atoms with van der Waals surface area (Å²) in [5, 5.41) is 0.728. The van der Waals surface area contributed by atoms with Crippen LogP contribution in [0.5, 0.6) is 0 Å². The van der Waals surface area contributed by atoms with Gasteiger partial charge in [0.2, 0.25) is 0 Å². The minimum atomic E-state index is -0.107. The van der Waals surface area contributed by atoms with Crippen LogP contribution in [0.2, 0.25) is 5.02 Å². The van der Waals surface area contributed by atoms with Gasteiger partial charge in [0.1, 0.15) is 0 Å². The highest BCUT2D eigenvalue weighted by atomic mass is 35.5. The van der Waals surface area contributed by atoms with Crippen molar-refractivity contribution in [2.24, 2.45) is 5.92 Å². The molecule has 150 valence electrons. The highest BCUT2D eigenvalue weighted by Crippen LogP contribution is 2.34. The molecular formula is C24H30ClNO2. The third-order valence-electron chi connectivity index (χ3n) is 5.61. The maximum Gasteiger partial charge on any atom is 0.310 e. The van der Waals surface area contributed by atoms with E-state index < -0.39 is 0 Å². The van der Waals surface area contributed by atoms with Crippen LogP contribution in [0.15, 0.2) is 54.6 Å². The van der Waals surface area contributed by atoms with Crippen molar-refractivity contribution in [3.63, 3.8) is 0 Å². The molecular weight excluding hydrogens is 370 g/mol. The normalized spacial score (nSPS) is 20.1. The molecule has 3 rings (SSSR count). The van der Waals surface area contributed by atoms with Gasteiger partial charge in [-0.3, -0.25) is 4.79 Å². The first-order chi connectivity index (χ1) is 13.6. The lowest BCUT2D eigenvalue weighted by Gasteiger charge is -2.35. The fourth-order valence-electron chi connectivity index (χ4n) is 4.00. The van der Waals surface area contributed by atoms with E-state index in [0.29, 0.717) is 6.61 Å². The smallest absolute Gasteiger partial charge is 0.310 e. The van der Waals surface area contributed by atoms with E-state index in [2.05, 4.69) is 36.2 Å². The number of esters is 1. The van der Waals surface area contributed by atoms with Crippen molar-refractivity contribution in [3.05, 3.63) is 70.7 Å². The molecule has 0 amide bonds. The number of carbonyl (C=O) groups excluding carboxylic acids is 1. The van der Waals surface area contributed by atoms with E-state index >= 15 is 0 Å². The zero-order valence-electron chi connectivity index (χ0n) is 16.6. The number of hydrogen-bond donors (Lipinski definition) is 0. The first-order valence-corrected chi connectivity index (χ1v) is 10.7. The van der Waals surface area contributed by atoms with E-state index in [1.165, 1.54) is 11.1 Å². The molecule has 0 unspecified atom stereocenters. The summed E-state index contributed by atoms with van der Waals surface area (Å²) in [5.74, 6) is 0.0397.